The Morgan fingerprint density at radius 1 is 1.15 bits per heavy atom. The molecule has 1 saturated carbocycles. The Morgan fingerprint density at radius 2 is 2.00 bits per heavy atom. The zero-order valence-corrected chi connectivity index (χ0v) is 17.9. The molecule has 0 amide bonds. The van der Waals surface area contributed by atoms with E-state index in [1.807, 2.05) is 16.7 Å². The third-order valence-electron chi connectivity index (χ3n) is 7.21. The van der Waals surface area contributed by atoms with Gasteiger partial charge in [0.25, 0.3) is 0 Å². The van der Waals surface area contributed by atoms with Crippen molar-refractivity contribution in [3.05, 3.63) is 59.4 Å². The van der Waals surface area contributed by atoms with Gasteiger partial charge in [-0.3, -0.25) is 9.89 Å². The fourth-order valence-corrected chi connectivity index (χ4v) is 5.51. The first kappa shape index (κ1) is 20.4. The Kier molecular flexibility index (Phi) is 4.72. The van der Waals surface area contributed by atoms with E-state index >= 15 is 0 Å². The summed E-state index contributed by atoms with van der Waals surface area (Å²) in [6.45, 7) is 1.25. The summed E-state index contributed by atoms with van der Waals surface area (Å²) in [5.74, 6) is -2.76. The predicted molar refractivity (Wildman–Crippen MR) is 119 cm³/mol. The number of carboxylic acid groups (broad SMARTS) is 1. The van der Waals surface area contributed by atoms with Crippen LogP contribution in [0.4, 0.5) is 8.78 Å². The largest absolute Gasteiger partial charge is 0.481 e. The Balaban J connectivity index is 1.65. The minimum absolute atomic E-state index is 0.0783. The summed E-state index contributed by atoms with van der Waals surface area (Å²) in [6, 6.07) is 8.03. The highest BCUT2D eigenvalue weighted by Gasteiger charge is 2.40. The van der Waals surface area contributed by atoms with Crippen LogP contribution in [0.3, 0.4) is 0 Å². The van der Waals surface area contributed by atoms with E-state index in [9.17, 15) is 18.7 Å². The van der Waals surface area contributed by atoms with Crippen molar-refractivity contribution in [1.82, 2.24) is 14.8 Å². The third-order valence-corrected chi connectivity index (χ3v) is 7.21. The van der Waals surface area contributed by atoms with E-state index in [0.29, 0.717) is 31.7 Å². The maximum Gasteiger partial charge on any atom is 0.306 e. The van der Waals surface area contributed by atoms with Gasteiger partial charge in [0.05, 0.1) is 29.8 Å². The van der Waals surface area contributed by atoms with E-state index in [0.717, 1.165) is 52.0 Å². The summed E-state index contributed by atoms with van der Waals surface area (Å²) in [6.07, 6.45) is 4.70. The maximum absolute atomic E-state index is 14.3. The van der Waals surface area contributed by atoms with Gasteiger partial charge in [0.1, 0.15) is 0 Å². The molecule has 0 bridgehead atoms. The van der Waals surface area contributed by atoms with Gasteiger partial charge in [-0.25, -0.2) is 8.78 Å². The number of ether oxygens (including phenoxy) is 1. The van der Waals surface area contributed by atoms with E-state index in [1.165, 1.54) is 6.07 Å². The number of rotatable bonds is 4. The van der Waals surface area contributed by atoms with E-state index in [4.69, 9.17) is 4.74 Å². The average Bonchev–Trinajstić information content (AvgIpc) is 3.36. The molecule has 2 aliphatic rings. The van der Waals surface area contributed by atoms with Crippen LogP contribution in [0.2, 0.25) is 0 Å². The number of nitrogens with zero attached hydrogens (tertiary/aromatic N) is 2. The van der Waals surface area contributed by atoms with Crippen molar-refractivity contribution >= 4 is 27.8 Å². The van der Waals surface area contributed by atoms with Crippen molar-refractivity contribution < 1.29 is 23.4 Å². The molecule has 0 spiro atoms. The minimum Gasteiger partial charge on any atom is -0.481 e. The fraction of sp³-hybridized carbons (Fsp3) is 0.360. The molecule has 1 atom stereocenters. The van der Waals surface area contributed by atoms with E-state index in [-0.39, 0.29) is 17.8 Å². The topological polar surface area (TPSA) is 80.1 Å². The Labute approximate surface area is 188 Å². The molecule has 4 aromatic rings. The van der Waals surface area contributed by atoms with Crippen LogP contribution >= 0.6 is 0 Å². The third kappa shape index (κ3) is 3.23. The molecule has 170 valence electrons. The summed E-state index contributed by atoms with van der Waals surface area (Å²) < 4.78 is 36.0. The minimum atomic E-state index is -0.902. The SMILES string of the molecule is O=C(O)[C@H]1C[C@@H](c2c(C3CCCOC3)n(-c3ccc(F)c(F)c3)c3cc4cn[nH]c4cc32)C1. The number of fused-ring (bicyclic) bond motifs is 2. The highest BCUT2D eigenvalue weighted by atomic mass is 19.2. The van der Waals surface area contributed by atoms with Gasteiger partial charge in [0, 0.05) is 40.7 Å². The lowest BCUT2D eigenvalue weighted by molar-refractivity contribution is -0.145. The van der Waals surface area contributed by atoms with Gasteiger partial charge in [0.2, 0.25) is 0 Å². The lowest BCUT2D eigenvalue weighted by Crippen LogP contribution is -2.30. The molecule has 0 radical (unpaired) electrons. The number of aromatic nitrogens is 3. The van der Waals surface area contributed by atoms with Crippen molar-refractivity contribution in [3.8, 4) is 5.69 Å². The number of carbonyl (C=O) groups is 1. The van der Waals surface area contributed by atoms with Gasteiger partial charge in [-0.05, 0) is 61.4 Å². The van der Waals surface area contributed by atoms with Crippen molar-refractivity contribution in [1.29, 1.82) is 0 Å². The molecule has 2 aromatic heterocycles. The number of aromatic amines is 1. The number of H-pyrrole nitrogens is 1. The number of carboxylic acids is 1. The average molecular weight is 451 g/mol. The standard InChI is InChI=1S/C25H23F2N3O3/c26-19-4-3-17(9-20(19)27)30-22-8-16-11-28-29-21(16)10-18(22)23(14-6-15(7-14)25(31)32)24(30)13-2-1-5-33-12-13/h3-4,8-11,13-15H,1-2,5-7,12H2,(H,28,29)(H,31,32)/t13?,14-,15+. The summed E-state index contributed by atoms with van der Waals surface area (Å²) in [5.41, 5.74) is 4.42. The molecule has 6 nitrogen and oxygen atoms in total. The molecule has 3 heterocycles. The maximum atomic E-state index is 14.3. The predicted octanol–water partition coefficient (Wildman–Crippen LogP) is 5.26. The van der Waals surface area contributed by atoms with Crippen molar-refractivity contribution in [3.63, 3.8) is 0 Å². The molecule has 1 unspecified atom stereocenters. The number of hydrogen-bond donors (Lipinski definition) is 2. The quantitative estimate of drug-likeness (QED) is 0.444. The van der Waals surface area contributed by atoms with Gasteiger partial charge < -0.3 is 14.4 Å². The summed E-state index contributed by atoms with van der Waals surface area (Å²) in [5, 5.41) is 18.5. The molecule has 2 N–H and O–H groups in total. The second-order valence-corrected chi connectivity index (χ2v) is 9.18. The first-order valence-corrected chi connectivity index (χ1v) is 11.3. The van der Waals surface area contributed by atoms with Crippen LogP contribution in [-0.2, 0) is 9.53 Å². The van der Waals surface area contributed by atoms with Crippen LogP contribution in [-0.4, -0.2) is 39.1 Å². The molecular weight excluding hydrogens is 428 g/mol. The Hall–Kier alpha value is -3.26. The number of hydrogen-bond acceptors (Lipinski definition) is 3. The molecule has 33 heavy (non-hydrogen) atoms. The van der Waals surface area contributed by atoms with Crippen molar-refractivity contribution in [2.24, 2.45) is 5.92 Å². The molecule has 2 aromatic carbocycles. The van der Waals surface area contributed by atoms with E-state index in [2.05, 4.69) is 10.2 Å². The second-order valence-electron chi connectivity index (χ2n) is 9.18. The first-order chi connectivity index (χ1) is 16.0. The van der Waals surface area contributed by atoms with Crippen LogP contribution < -0.4 is 0 Å². The van der Waals surface area contributed by atoms with Crippen molar-refractivity contribution in [2.75, 3.05) is 13.2 Å². The number of aliphatic carboxylic acids is 1. The lowest BCUT2D eigenvalue weighted by Gasteiger charge is -2.35. The second kappa shape index (κ2) is 7.66. The number of nitrogens with one attached hydrogen (secondary N) is 1. The van der Waals surface area contributed by atoms with E-state index in [1.54, 1.807) is 12.3 Å². The fourth-order valence-electron chi connectivity index (χ4n) is 5.51. The highest BCUT2D eigenvalue weighted by Crippen LogP contribution is 2.50. The van der Waals surface area contributed by atoms with E-state index < -0.39 is 17.6 Å². The molecule has 8 heteroatoms. The van der Waals surface area contributed by atoms with Gasteiger partial charge in [0.15, 0.2) is 11.6 Å². The zero-order chi connectivity index (χ0) is 22.7. The summed E-state index contributed by atoms with van der Waals surface area (Å²) in [4.78, 5) is 11.5. The van der Waals surface area contributed by atoms with Gasteiger partial charge in [-0.15, -0.1) is 0 Å². The smallest absolute Gasteiger partial charge is 0.306 e. The van der Waals surface area contributed by atoms with Crippen LogP contribution in [0, 0.1) is 17.6 Å². The highest BCUT2D eigenvalue weighted by molar-refractivity contribution is 5.99. The van der Waals surface area contributed by atoms with Gasteiger partial charge >= 0.3 is 5.97 Å². The van der Waals surface area contributed by atoms with Crippen LogP contribution in [0.1, 0.15) is 48.8 Å². The van der Waals surface area contributed by atoms with Gasteiger partial charge in [-0.1, -0.05) is 0 Å². The van der Waals surface area contributed by atoms with Crippen LogP contribution in [0.5, 0.6) is 0 Å². The molecule has 1 saturated heterocycles. The molecule has 2 fully saturated rings. The normalized spacial score (nSPS) is 23.2. The van der Waals surface area contributed by atoms with Crippen LogP contribution in [0.15, 0.2) is 36.5 Å². The Morgan fingerprint density at radius 3 is 2.73 bits per heavy atom. The van der Waals surface area contributed by atoms with Crippen molar-refractivity contribution in [2.45, 2.75) is 37.5 Å². The monoisotopic (exact) mass is 451 g/mol. The first-order valence-electron chi connectivity index (χ1n) is 11.3. The molecule has 6 rings (SSSR count). The van der Waals surface area contributed by atoms with Gasteiger partial charge in [-0.2, -0.15) is 5.10 Å². The summed E-state index contributed by atoms with van der Waals surface area (Å²) in [7, 11) is 0. The summed E-state index contributed by atoms with van der Waals surface area (Å²) >= 11 is 0. The zero-order valence-electron chi connectivity index (χ0n) is 17.9. The number of benzene rings is 2. The molecular formula is C25H23F2N3O3. The lowest BCUT2D eigenvalue weighted by atomic mass is 9.69. The Bertz CT molecular complexity index is 1380. The molecule has 1 aliphatic heterocycles. The molecule has 1 aliphatic carbocycles. The van der Waals surface area contributed by atoms with Crippen LogP contribution in [0.25, 0.3) is 27.5 Å². The number of halogens is 2.